The number of amides is 1. The lowest BCUT2D eigenvalue weighted by molar-refractivity contribution is -0.124. The Balaban J connectivity index is 1.71. The van der Waals surface area contributed by atoms with Crippen molar-refractivity contribution in [3.8, 4) is 11.3 Å². The van der Waals surface area contributed by atoms with E-state index in [0.717, 1.165) is 47.6 Å². The van der Waals surface area contributed by atoms with Crippen LogP contribution in [0.2, 0.25) is 0 Å². The Labute approximate surface area is 129 Å². The van der Waals surface area contributed by atoms with Gasteiger partial charge in [-0.3, -0.25) is 4.79 Å². The average molecular weight is 300 g/mol. The second-order valence-electron chi connectivity index (χ2n) is 6.05. The molecule has 1 saturated carbocycles. The number of thiazole rings is 1. The Morgan fingerprint density at radius 1 is 1.24 bits per heavy atom. The Bertz CT molecular complexity index is 639. The summed E-state index contributed by atoms with van der Waals surface area (Å²) in [7, 11) is 0. The van der Waals surface area contributed by atoms with E-state index in [4.69, 9.17) is 0 Å². The maximum atomic E-state index is 12.4. The molecule has 3 nitrogen and oxygen atoms in total. The summed E-state index contributed by atoms with van der Waals surface area (Å²) in [5.41, 5.74) is 2.76. The summed E-state index contributed by atoms with van der Waals surface area (Å²) in [6.07, 6.45) is 4.31. The van der Waals surface area contributed by atoms with E-state index >= 15 is 0 Å². The summed E-state index contributed by atoms with van der Waals surface area (Å²) in [5, 5.41) is 6.18. The molecule has 0 atom stereocenters. The van der Waals surface area contributed by atoms with E-state index in [2.05, 4.69) is 22.6 Å². The van der Waals surface area contributed by atoms with Crippen molar-refractivity contribution in [3.63, 3.8) is 0 Å². The predicted molar refractivity (Wildman–Crippen MR) is 87.5 cm³/mol. The van der Waals surface area contributed by atoms with Crippen molar-refractivity contribution >= 4 is 22.9 Å². The highest BCUT2D eigenvalue weighted by molar-refractivity contribution is 7.09. The Morgan fingerprint density at radius 2 is 1.90 bits per heavy atom. The minimum atomic E-state index is -0.190. The van der Waals surface area contributed by atoms with Crippen LogP contribution in [0.3, 0.4) is 0 Å². The average Bonchev–Trinajstić information content (AvgIpc) is 3.09. The van der Waals surface area contributed by atoms with E-state index in [1.165, 1.54) is 0 Å². The summed E-state index contributed by atoms with van der Waals surface area (Å²) >= 11 is 1.65. The first kappa shape index (κ1) is 14.3. The fourth-order valence-corrected chi connectivity index (χ4v) is 3.51. The summed E-state index contributed by atoms with van der Waals surface area (Å²) in [6, 6.07) is 7.95. The predicted octanol–water partition coefficient (Wildman–Crippen LogP) is 4.64. The molecule has 1 heterocycles. The second kappa shape index (κ2) is 5.60. The highest BCUT2D eigenvalue weighted by Crippen LogP contribution is 2.38. The lowest BCUT2D eigenvalue weighted by Crippen LogP contribution is -2.30. The van der Waals surface area contributed by atoms with Crippen molar-refractivity contribution in [2.75, 3.05) is 5.32 Å². The number of aromatic nitrogens is 1. The highest BCUT2D eigenvalue weighted by Gasteiger charge is 2.36. The SMILES string of the molecule is Cc1nc(-c2ccc(NC(=O)C3(C)CCCC3)cc2)cs1. The van der Waals surface area contributed by atoms with E-state index < -0.39 is 0 Å². The van der Waals surface area contributed by atoms with E-state index in [1.54, 1.807) is 11.3 Å². The van der Waals surface area contributed by atoms with Gasteiger partial charge in [0.15, 0.2) is 0 Å². The molecule has 0 saturated heterocycles. The molecule has 1 fully saturated rings. The number of nitrogens with zero attached hydrogens (tertiary/aromatic N) is 1. The normalized spacial score (nSPS) is 16.9. The molecular weight excluding hydrogens is 280 g/mol. The molecular formula is C17H20N2OS. The maximum Gasteiger partial charge on any atom is 0.230 e. The second-order valence-corrected chi connectivity index (χ2v) is 7.11. The van der Waals surface area contributed by atoms with Crippen LogP contribution in [0.25, 0.3) is 11.3 Å². The van der Waals surface area contributed by atoms with Gasteiger partial charge in [-0.2, -0.15) is 0 Å². The Kier molecular flexibility index (Phi) is 3.81. The third kappa shape index (κ3) is 3.00. The monoisotopic (exact) mass is 300 g/mol. The van der Waals surface area contributed by atoms with Crippen molar-refractivity contribution in [2.45, 2.75) is 39.5 Å². The smallest absolute Gasteiger partial charge is 0.230 e. The van der Waals surface area contributed by atoms with Gasteiger partial charge in [-0.05, 0) is 31.9 Å². The van der Waals surface area contributed by atoms with Gasteiger partial charge < -0.3 is 5.32 Å². The lowest BCUT2D eigenvalue weighted by atomic mass is 9.88. The van der Waals surface area contributed by atoms with Crippen LogP contribution in [0.1, 0.15) is 37.6 Å². The van der Waals surface area contributed by atoms with Gasteiger partial charge in [-0.15, -0.1) is 11.3 Å². The third-order valence-electron chi connectivity index (χ3n) is 4.31. The zero-order valence-electron chi connectivity index (χ0n) is 12.5. The van der Waals surface area contributed by atoms with Gasteiger partial charge in [-0.1, -0.05) is 31.9 Å². The molecule has 0 unspecified atom stereocenters. The Morgan fingerprint density at radius 3 is 2.48 bits per heavy atom. The van der Waals surface area contributed by atoms with E-state index in [9.17, 15) is 4.79 Å². The molecule has 3 rings (SSSR count). The topological polar surface area (TPSA) is 42.0 Å². The highest BCUT2D eigenvalue weighted by atomic mass is 32.1. The van der Waals surface area contributed by atoms with Crippen LogP contribution in [0.5, 0.6) is 0 Å². The van der Waals surface area contributed by atoms with Gasteiger partial charge in [0.25, 0.3) is 0 Å². The van der Waals surface area contributed by atoms with Gasteiger partial charge in [0.05, 0.1) is 10.7 Å². The number of rotatable bonds is 3. The van der Waals surface area contributed by atoms with Crippen molar-refractivity contribution in [3.05, 3.63) is 34.7 Å². The summed E-state index contributed by atoms with van der Waals surface area (Å²) in [6.45, 7) is 4.08. The first-order valence-electron chi connectivity index (χ1n) is 7.41. The van der Waals surface area contributed by atoms with E-state index in [1.807, 2.05) is 31.2 Å². The molecule has 1 aliphatic carbocycles. The first-order valence-corrected chi connectivity index (χ1v) is 8.29. The number of aryl methyl sites for hydroxylation is 1. The minimum Gasteiger partial charge on any atom is -0.326 e. The molecule has 21 heavy (non-hydrogen) atoms. The number of carbonyl (C=O) groups is 1. The summed E-state index contributed by atoms with van der Waals surface area (Å²) < 4.78 is 0. The van der Waals surface area contributed by atoms with Crippen molar-refractivity contribution < 1.29 is 4.79 Å². The largest absolute Gasteiger partial charge is 0.326 e. The fraction of sp³-hybridized carbons (Fsp3) is 0.412. The molecule has 4 heteroatoms. The molecule has 0 aliphatic heterocycles. The van der Waals surface area contributed by atoms with Gasteiger partial charge in [0, 0.05) is 22.0 Å². The number of hydrogen-bond donors (Lipinski definition) is 1. The number of anilines is 1. The quantitative estimate of drug-likeness (QED) is 0.897. The van der Waals surface area contributed by atoms with Crippen molar-refractivity contribution in [1.29, 1.82) is 0 Å². The van der Waals surface area contributed by atoms with Crippen LogP contribution in [0, 0.1) is 12.3 Å². The van der Waals surface area contributed by atoms with Crippen molar-refractivity contribution in [1.82, 2.24) is 4.98 Å². The molecule has 0 bridgehead atoms. The maximum absolute atomic E-state index is 12.4. The zero-order valence-corrected chi connectivity index (χ0v) is 13.3. The van der Waals surface area contributed by atoms with Gasteiger partial charge in [-0.25, -0.2) is 4.98 Å². The number of benzene rings is 1. The third-order valence-corrected chi connectivity index (χ3v) is 5.09. The molecule has 1 aromatic heterocycles. The van der Waals surface area contributed by atoms with Crippen LogP contribution >= 0.6 is 11.3 Å². The summed E-state index contributed by atoms with van der Waals surface area (Å²) in [5.74, 6) is 0.150. The molecule has 0 spiro atoms. The standard InChI is InChI=1S/C17H20N2OS/c1-12-18-15(11-21-12)13-5-7-14(8-6-13)19-16(20)17(2)9-3-4-10-17/h5-8,11H,3-4,9-10H2,1-2H3,(H,19,20). The van der Waals surface area contributed by atoms with Gasteiger partial charge >= 0.3 is 0 Å². The van der Waals surface area contributed by atoms with Crippen LogP contribution in [-0.2, 0) is 4.79 Å². The van der Waals surface area contributed by atoms with Gasteiger partial charge in [0.2, 0.25) is 5.91 Å². The molecule has 1 aromatic carbocycles. The molecule has 0 radical (unpaired) electrons. The van der Waals surface area contributed by atoms with Crippen LogP contribution < -0.4 is 5.32 Å². The van der Waals surface area contributed by atoms with E-state index in [0.29, 0.717) is 0 Å². The van der Waals surface area contributed by atoms with Crippen LogP contribution in [-0.4, -0.2) is 10.9 Å². The minimum absolute atomic E-state index is 0.150. The summed E-state index contributed by atoms with van der Waals surface area (Å²) in [4.78, 5) is 16.8. The molecule has 1 amide bonds. The van der Waals surface area contributed by atoms with Crippen LogP contribution in [0.15, 0.2) is 29.6 Å². The van der Waals surface area contributed by atoms with Crippen molar-refractivity contribution in [2.24, 2.45) is 5.41 Å². The molecule has 1 N–H and O–H groups in total. The molecule has 110 valence electrons. The first-order chi connectivity index (χ1) is 10.1. The fourth-order valence-electron chi connectivity index (χ4n) is 2.88. The number of nitrogens with one attached hydrogen (secondary N) is 1. The van der Waals surface area contributed by atoms with Crippen LogP contribution in [0.4, 0.5) is 5.69 Å². The molecule has 1 aliphatic rings. The lowest BCUT2D eigenvalue weighted by Gasteiger charge is -2.22. The Hall–Kier alpha value is -1.68. The zero-order chi connectivity index (χ0) is 14.9. The van der Waals surface area contributed by atoms with E-state index in [-0.39, 0.29) is 11.3 Å². The number of carbonyl (C=O) groups excluding carboxylic acids is 1. The number of hydrogen-bond acceptors (Lipinski definition) is 3. The molecule has 2 aromatic rings. The van der Waals surface area contributed by atoms with Gasteiger partial charge in [0.1, 0.15) is 0 Å².